The van der Waals surface area contributed by atoms with E-state index < -0.39 is 0 Å². The Hall–Kier alpha value is -2.85. The molecule has 0 aliphatic heterocycles. The Morgan fingerprint density at radius 2 is 1.92 bits per heavy atom. The lowest BCUT2D eigenvalue weighted by atomic mass is 10.1. The van der Waals surface area contributed by atoms with Crippen molar-refractivity contribution in [1.29, 1.82) is 0 Å². The lowest BCUT2D eigenvalue weighted by Gasteiger charge is -2.12. The van der Waals surface area contributed by atoms with E-state index in [9.17, 15) is 4.79 Å². The highest BCUT2D eigenvalue weighted by Gasteiger charge is 2.07. The smallest absolute Gasteiger partial charge is 0.244 e. The molecule has 0 radical (unpaired) electrons. The normalized spacial score (nSPS) is 12.2. The van der Waals surface area contributed by atoms with Crippen molar-refractivity contribution in [2.45, 2.75) is 19.5 Å². The van der Waals surface area contributed by atoms with E-state index in [0.29, 0.717) is 11.6 Å². The van der Waals surface area contributed by atoms with Crippen LogP contribution in [-0.2, 0) is 11.3 Å². The molecule has 26 heavy (non-hydrogen) atoms. The Morgan fingerprint density at radius 3 is 2.65 bits per heavy atom. The topological polar surface area (TPSA) is 46.9 Å². The Kier molecular flexibility index (Phi) is 5.87. The van der Waals surface area contributed by atoms with Gasteiger partial charge in [0.15, 0.2) is 0 Å². The molecule has 0 spiro atoms. The molecule has 0 saturated heterocycles. The van der Waals surface area contributed by atoms with Gasteiger partial charge in [-0.2, -0.15) is 5.10 Å². The van der Waals surface area contributed by atoms with Gasteiger partial charge in [0.2, 0.25) is 5.91 Å². The SMILES string of the molecule is C[C@H](NC(=O)/C=C/c1cnn(Cc2ccccc2)c1)c1ccc(Cl)cc1. The minimum atomic E-state index is -0.150. The summed E-state index contributed by atoms with van der Waals surface area (Å²) in [6, 6.07) is 17.5. The number of aromatic nitrogens is 2. The van der Waals surface area contributed by atoms with E-state index in [2.05, 4.69) is 22.5 Å². The third-order valence-electron chi connectivity index (χ3n) is 4.00. The van der Waals surface area contributed by atoms with Gasteiger partial charge in [-0.25, -0.2) is 0 Å². The first kappa shape index (κ1) is 18.0. The van der Waals surface area contributed by atoms with Gasteiger partial charge in [-0.15, -0.1) is 0 Å². The molecule has 5 heteroatoms. The summed E-state index contributed by atoms with van der Waals surface area (Å²) in [7, 11) is 0. The number of benzene rings is 2. The molecule has 1 atom stereocenters. The standard InChI is InChI=1S/C21H20ClN3O/c1-16(19-8-10-20(22)11-9-19)24-21(26)12-7-18-13-23-25(15-18)14-17-5-3-2-4-6-17/h2-13,15-16H,14H2,1H3,(H,24,26)/b12-7+/t16-/m0/s1. The minimum absolute atomic E-state index is 0.0924. The van der Waals surface area contributed by atoms with Crippen LogP contribution in [0, 0.1) is 0 Å². The van der Waals surface area contributed by atoms with E-state index in [0.717, 1.165) is 11.1 Å². The van der Waals surface area contributed by atoms with Gasteiger partial charge < -0.3 is 5.32 Å². The Morgan fingerprint density at radius 1 is 1.19 bits per heavy atom. The fraction of sp³-hybridized carbons (Fsp3) is 0.143. The van der Waals surface area contributed by atoms with Gasteiger partial charge in [0, 0.05) is 22.9 Å². The molecule has 3 aromatic rings. The van der Waals surface area contributed by atoms with E-state index in [4.69, 9.17) is 11.6 Å². The van der Waals surface area contributed by atoms with E-state index in [1.807, 2.05) is 60.3 Å². The quantitative estimate of drug-likeness (QED) is 0.655. The lowest BCUT2D eigenvalue weighted by molar-refractivity contribution is -0.117. The molecule has 1 N–H and O–H groups in total. The van der Waals surface area contributed by atoms with E-state index >= 15 is 0 Å². The predicted molar refractivity (Wildman–Crippen MR) is 105 cm³/mol. The van der Waals surface area contributed by atoms with Gasteiger partial charge in [-0.3, -0.25) is 9.48 Å². The van der Waals surface area contributed by atoms with Crippen LogP contribution in [-0.4, -0.2) is 15.7 Å². The molecule has 2 aromatic carbocycles. The van der Waals surface area contributed by atoms with Gasteiger partial charge in [-0.1, -0.05) is 54.1 Å². The molecule has 0 unspecified atom stereocenters. The summed E-state index contributed by atoms with van der Waals surface area (Å²) in [5.74, 6) is -0.150. The lowest BCUT2D eigenvalue weighted by Crippen LogP contribution is -2.24. The van der Waals surface area contributed by atoms with E-state index in [-0.39, 0.29) is 11.9 Å². The largest absolute Gasteiger partial charge is 0.346 e. The van der Waals surface area contributed by atoms with Crippen LogP contribution in [0.25, 0.3) is 6.08 Å². The summed E-state index contributed by atoms with van der Waals surface area (Å²) in [5.41, 5.74) is 3.07. The molecule has 1 amide bonds. The molecule has 1 heterocycles. The molecule has 0 aliphatic rings. The zero-order chi connectivity index (χ0) is 18.4. The summed E-state index contributed by atoms with van der Waals surface area (Å²) in [6.45, 7) is 2.64. The Balaban J connectivity index is 1.55. The van der Waals surface area contributed by atoms with Gasteiger partial charge in [0.1, 0.15) is 0 Å². The van der Waals surface area contributed by atoms with Gasteiger partial charge in [0.25, 0.3) is 0 Å². The van der Waals surface area contributed by atoms with Crippen molar-refractivity contribution in [2.75, 3.05) is 0 Å². The first-order chi connectivity index (χ1) is 12.6. The number of hydrogen-bond acceptors (Lipinski definition) is 2. The number of hydrogen-bond donors (Lipinski definition) is 1. The molecule has 3 rings (SSSR count). The molecule has 0 aliphatic carbocycles. The Labute approximate surface area is 158 Å². The summed E-state index contributed by atoms with van der Waals surface area (Å²) in [5, 5.41) is 7.94. The summed E-state index contributed by atoms with van der Waals surface area (Å²) < 4.78 is 1.85. The number of nitrogens with one attached hydrogen (secondary N) is 1. The number of rotatable bonds is 6. The molecule has 0 bridgehead atoms. The van der Waals surface area contributed by atoms with Crippen molar-refractivity contribution in [1.82, 2.24) is 15.1 Å². The highest BCUT2D eigenvalue weighted by molar-refractivity contribution is 6.30. The summed E-state index contributed by atoms with van der Waals surface area (Å²) >= 11 is 5.89. The number of carbonyl (C=O) groups excluding carboxylic acids is 1. The number of halogens is 1. The summed E-state index contributed by atoms with van der Waals surface area (Å²) in [6.07, 6.45) is 6.95. The Bertz CT molecular complexity index is 885. The van der Waals surface area contributed by atoms with Crippen molar-refractivity contribution in [3.05, 3.63) is 94.8 Å². The number of amides is 1. The van der Waals surface area contributed by atoms with Crippen LogP contribution in [0.1, 0.15) is 29.7 Å². The first-order valence-corrected chi connectivity index (χ1v) is 8.78. The first-order valence-electron chi connectivity index (χ1n) is 8.40. The van der Waals surface area contributed by atoms with Crippen LogP contribution >= 0.6 is 11.6 Å². The molecule has 0 saturated carbocycles. The van der Waals surface area contributed by atoms with E-state index in [1.54, 1.807) is 12.3 Å². The maximum Gasteiger partial charge on any atom is 0.244 e. The van der Waals surface area contributed by atoms with Gasteiger partial charge in [0.05, 0.1) is 18.8 Å². The third kappa shape index (κ3) is 5.07. The maximum absolute atomic E-state index is 12.1. The second-order valence-electron chi connectivity index (χ2n) is 6.07. The van der Waals surface area contributed by atoms with Gasteiger partial charge in [-0.05, 0) is 36.3 Å². The monoisotopic (exact) mass is 365 g/mol. The second-order valence-corrected chi connectivity index (χ2v) is 6.51. The fourth-order valence-corrected chi connectivity index (χ4v) is 2.72. The predicted octanol–water partition coefficient (Wildman–Crippen LogP) is 4.48. The fourth-order valence-electron chi connectivity index (χ4n) is 2.59. The third-order valence-corrected chi connectivity index (χ3v) is 4.25. The van der Waals surface area contributed by atoms with Crippen LogP contribution in [0.5, 0.6) is 0 Å². The van der Waals surface area contributed by atoms with Gasteiger partial charge >= 0.3 is 0 Å². The average Bonchev–Trinajstić information content (AvgIpc) is 3.09. The van der Waals surface area contributed by atoms with Crippen LogP contribution in [0.4, 0.5) is 0 Å². The van der Waals surface area contributed by atoms with Crippen LogP contribution < -0.4 is 5.32 Å². The van der Waals surface area contributed by atoms with Crippen LogP contribution in [0.2, 0.25) is 5.02 Å². The molecule has 0 fully saturated rings. The van der Waals surface area contributed by atoms with Crippen molar-refractivity contribution in [3.63, 3.8) is 0 Å². The zero-order valence-electron chi connectivity index (χ0n) is 14.5. The second kappa shape index (κ2) is 8.50. The molecule has 1 aromatic heterocycles. The van der Waals surface area contributed by atoms with Crippen LogP contribution in [0.15, 0.2) is 73.1 Å². The molecule has 4 nitrogen and oxygen atoms in total. The summed E-state index contributed by atoms with van der Waals surface area (Å²) in [4.78, 5) is 12.1. The highest BCUT2D eigenvalue weighted by Crippen LogP contribution is 2.16. The van der Waals surface area contributed by atoms with Crippen molar-refractivity contribution in [2.24, 2.45) is 0 Å². The average molecular weight is 366 g/mol. The van der Waals surface area contributed by atoms with Crippen molar-refractivity contribution in [3.8, 4) is 0 Å². The number of carbonyl (C=O) groups is 1. The van der Waals surface area contributed by atoms with Crippen LogP contribution in [0.3, 0.4) is 0 Å². The maximum atomic E-state index is 12.1. The molecular weight excluding hydrogens is 346 g/mol. The molecule has 132 valence electrons. The van der Waals surface area contributed by atoms with Crippen molar-refractivity contribution < 1.29 is 4.79 Å². The highest BCUT2D eigenvalue weighted by atomic mass is 35.5. The molecular formula is C21H20ClN3O. The number of nitrogens with zero attached hydrogens (tertiary/aromatic N) is 2. The van der Waals surface area contributed by atoms with Crippen molar-refractivity contribution >= 4 is 23.6 Å². The van der Waals surface area contributed by atoms with E-state index in [1.165, 1.54) is 11.6 Å². The zero-order valence-corrected chi connectivity index (χ0v) is 15.2. The minimum Gasteiger partial charge on any atom is -0.346 e.